The van der Waals surface area contributed by atoms with E-state index in [2.05, 4.69) is 10.3 Å². The molecule has 4 N–H and O–H groups in total. The van der Waals surface area contributed by atoms with E-state index in [9.17, 15) is 8.42 Å². The highest BCUT2D eigenvalue weighted by atomic mass is 35.5. The number of hydrogen-bond acceptors (Lipinski definition) is 3. The molecule has 1 aromatic heterocycles. The van der Waals surface area contributed by atoms with Gasteiger partial charge in [-0.25, -0.2) is 18.5 Å². The van der Waals surface area contributed by atoms with E-state index in [1.165, 1.54) is 12.1 Å². The Morgan fingerprint density at radius 1 is 1.08 bits per heavy atom. The minimum absolute atomic E-state index is 0.126. The number of anilines is 1. The van der Waals surface area contributed by atoms with Crippen molar-refractivity contribution >= 4 is 38.2 Å². The van der Waals surface area contributed by atoms with E-state index in [0.29, 0.717) is 5.02 Å². The number of fused-ring (bicyclic) bond motifs is 1. The maximum atomic E-state index is 11.2. The Bertz CT molecular complexity index is 973. The molecule has 1 heterocycles. The van der Waals surface area contributed by atoms with Crippen LogP contribution in [0.3, 0.4) is 0 Å². The van der Waals surface area contributed by atoms with Gasteiger partial charge in [-0.3, -0.25) is 0 Å². The van der Waals surface area contributed by atoms with Gasteiger partial charge < -0.3 is 5.32 Å². The first-order chi connectivity index (χ1) is 11.4. The zero-order valence-corrected chi connectivity index (χ0v) is 14.4. The number of H-pyrrole nitrogens is 1. The van der Waals surface area contributed by atoms with Gasteiger partial charge in [-0.2, -0.15) is 0 Å². The van der Waals surface area contributed by atoms with Crippen molar-refractivity contribution in [1.29, 1.82) is 0 Å². The van der Waals surface area contributed by atoms with Gasteiger partial charge in [0, 0.05) is 23.7 Å². The summed E-state index contributed by atoms with van der Waals surface area (Å²) in [4.78, 5) is 3.29. The fraction of sp³-hybridized carbons (Fsp3) is 0.118. The second-order valence-electron chi connectivity index (χ2n) is 5.45. The molecule has 0 atom stereocenters. The predicted molar refractivity (Wildman–Crippen MR) is 95.5 cm³/mol. The number of nitrogens with one attached hydrogen (secondary N) is 2. The van der Waals surface area contributed by atoms with E-state index in [1.54, 1.807) is 12.1 Å². The lowest BCUT2D eigenvalue weighted by Gasteiger charge is -2.08. The summed E-state index contributed by atoms with van der Waals surface area (Å²) in [6.45, 7) is 0.719. The molecule has 3 rings (SSSR count). The highest BCUT2D eigenvalue weighted by molar-refractivity contribution is 7.89. The number of benzene rings is 2. The van der Waals surface area contributed by atoms with Crippen LogP contribution in [0.15, 0.2) is 59.6 Å². The Morgan fingerprint density at radius 3 is 2.54 bits per heavy atom. The molecule has 124 valence electrons. The van der Waals surface area contributed by atoms with Gasteiger partial charge in [0.05, 0.1) is 16.0 Å². The average molecular weight is 363 g/mol. The van der Waals surface area contributed by atoms with Crippen LogP contribution in [0.25, 0.3) is 10.9 Å². The van der Waals surface area contributed by atoms with Crippen molar-refractivity contribution in [3.63, 3.8) is 0 Å². The van der Waals surface area contributed by atoms with Gasteiger partial charge in [0.25, 0.3) is 0 Å². The summed E-state index contributed by atoms with van der Waals surface area (Å²) < 4.78 is 22.5. The minimum atomic E-state index is -3.64. The lowest BCUT2D eigenvalue weighted by Crippen LogP contribution is -2.12. The van der Waals surface area contributed by atoms with Crippen molar-refractivity contribution in [2.75, 3.05) is 11.9 Å². The molecule has 0 aliphatic carbocycles. The molecule has 7 heteroatoms. The standard InChI is InChI=1S/C17H16ClN3O2S/c18-13-3-6-15-16(8-10-21-17(15)11-13)20-9-7-12-1-4-14(5-2-12)24(19,22)23/h1-6,8,10-11H,7,9H2,(H,20,21)(H2,19,22,23)/p+1. The highest BCUT2D eigenvalue weighted by Gasteiger charge is 2.08. The number of halogens is 1. The molecule has 0 fully saturated rings. The number of aromatic amines is 1. The van der Waals surface area contributed by atoms with E-state index >= 15 is 0 Å². The monoisotopic (exact) mass is 362 g/mol. The molecule has 0 radical (unpaired) electrons. The van der Waals surface area contributed by atoms with Crippen molar-refractivity contribution in [3.8, 4) is 0 Å². The maximum Gasteiger partial charge on any atom is 0.238 e. The second kappa shape index (κ2) is 6.76. The summed E-state index contributed by atoms with van der Waals surface area (Å²) in [6, 6.07) is 14.3. The van der Waals surface area contributed by atoms with Crippen LogP contribution in [-0.4, -0.2) is 15.0 Å². The van der Waals surface area contributed by atoms with Crippen LogP contribution >= 0.6 is 11.6 Å². The SMILES string of the molecule is NS(=O)(=O)c1ccc(CCNc2cc[nH+]c3cc(Cl)ccc23)cc1. The van der Waals surface area contributed by atoms with E-state index in [4.69, 9.17) is 16.7 Å². The third-order valence-electron chi connectivity index (χ3n) is 3.74. The Labute approximate surface area is 145 Å². The molecule has 3 aromatic rings. The molecule has 0 saturated heterocycles. The number of nitrogens with two attached hydrogens (primary N) is 1. The minimum Gasteiger partial charge on any atom is -0.384 e. The summed E-state index contributed by atoms with van der Waals surface area (Å²) in [6.07, 6.45) is 2.63. The van der Waals surface area contributed by atoms with Gasteiger partial charge in [-0.1, -0.05) is 23.7 Å². The normalized spacial score (nSPS) is 11.6. The second-order valence-corrected chi connectivity index (χ2v) is 7.44. The summed E-state index contributed by atoms with van der Waals surface area (Å²) >= 11 is 6.01. The third-order valence-corrected chi connectivity index (χ3v) is 4.91. The van der Waals surface area contributed by atoms with Crippen LogP contribution in [-0.2, 0) is 16.4 Å². The lowest BCUT2D eigenvalue weighted by molar-refractivity contribution is -0.344. The molecule has 0 unspecified atom stereocenters. The fourth-order valence-electron chi connectivity index (χ4n) is 2.52. The van der Waals surface area contributed by atoms with Crippen LogP contribution in [0.1, 0.15) is 5.56 Å². The van der Waals surface area contributed by atoms with Crippen molar-refractivity contribution in [2.24, 2.45) is 5.14 Å². The van der Waals surface area contributed by atoms with E-state index in [-0.39, 0.29) is 4.90 Å². The van der Waals surface area contributed by atoms with E-state index < -0.39 is 10.0 Å². The van der Waals surface area contributed by atoms with Gasteiger partial charge in [-0.05, 0) is 36.2 Å². The van der Waals surface area contributed by atoms with Crippen LogP contribution in [0, 0.1) is 0 Å². The molecule has 5 nitrogen and oxygen atoms in total. The van der Waals surface area contributed by atoms with Gasteiger partial charge in [-0.15, -0.1) is 0 Å². The topological polar surface area (TPSA) is 86.3 Å². The summed E-state index contributed by atoms with van der Waals surface area (Å²) in [5, 5.41) is 10.2. The predicted octanol–water partition coefficient (Wildman–Crippen LogP) is 2.61. The molecule has 0 aliphatic rings. The number of aromatic nitrogens is 1. The molecular weight excluding hydrogens is 346 g/mol. The number of pyridine rings is 1. The van der Waals surface area contributed by atoms with Gasteiger partial charge in [0.2, 0.25) is 15.5 Å². The third kappa shape index (κ3) is 3.84. The number of primary sulfonamides is 1. The number of rotatable bonds is 5. The zero-order chi connectivity index (χ0) is 17.2. The van der Waals surface area contributed by atoms with Crippen molar-refractivity contribution in [2.45, 2.75) is 11.3 Å². The number of sulfonamides is 1. The Kier molecular flexibility index (Phi) is 4.71. The summed E-state index contributed by atoms with van der Waals surface area (Å²) in [7, 11) is -3.64. The first kappa shape index (κ1) is 16.7. The molecular formula is C17H17ClN3O2S+. The molecule has 0 aliphatic heterocycles. The molecule has 24 heavy (non-hydrogen) atoms. The Morgan fingerprint density at radius 2 is 1.83 bits per heavy atom. The van der Waals surface area contributed by atoms with E-state index in [1.807, 2.05) is 30.5 Å². The molecule has 0 saturated carbocycles. The Balaban J connectivity index is 1.69. The average Bonchev–Trinajstić information content (AvgIpc) is 2.54. The zero-order valence-electron chi connectivity index (χ0n) is 12.8. The number of hydrogen-bond donors (Lipinski definition) is 2. The largest absolute Gasteiger partial charge is 0.384 e. The highest BCUT2D eigenvalue weighted by Crippen LogP contribution is 2.22. The van der Waals surface area contributed by atoms with E-state index in [0.717, 1.165) is 35.1 Å². The molecule has 0 bridgehead atoms. The van der Waals surface area contributed by atoms with Crippen molar-refractivity contribution < 1.29 is 13.4 Å². The van der Waals surface area contributed by atoms with Gasteiger partial charge >= 0.3 is 0 Å². The van der Waals surface area contributed by atoms with Crippen molar-refractivity contribution in [1.82, 2.24) is 0 Å². The maximum absolute atomic E-state index is 11.2. The smallest absolute Gasteiger partial charge is 0.238 e. The first-order valence-electron chi connectivity index (χ1n) is 7.39. The van der Waals surface area contributed by atoms with Crippen LogP contribution in [0.4, 0.5) is 5.69 Å². The lowest BCUT2D eigenvalue weighted by atomic mass is 10.1. The van der Waals surface area contributed by atoms with Crippen LogP contribution in [0.5, 0.6) is 0 Å². The quantitative estimate of drug-likeness (QED) is 0.731. The first-order valence-corrected chi connectivity index (χ1v) is 9.31. The summed E-state index contributed by atoms with van der Waals surface area (Å²) in [5.41, 5.74) is 3.01. The van der Waals surface area contributed by atoms with Crippen LogP contribution < -0.4 is 15.4 Å². The molecule has 0 spiro atoms. The van der Waals surface area contributed by atoms with Crippen LogP contribution in [0.2, 0.25) is 5.02 Å². The fourth-order valence-corrected chi connectivity index (χ4v) is 3.20. The van der Waals surface area contributed by atoms with Gasteiger partial charge in [0.15, 0.2) is 6.20 Å². The van der Waals surface area contributed by atoms with Gasteiger partial charge in [0.1, 0.15) is 0 Å². The molecule has 0 amide bonds. The van der Waals surface area contributed by atoms with Crippen molar-refractivity contribution in [3.05, 3.63) is 65.3 Å². The molecule has 2 aromatic carbocycles. The Hall–Kier alpha value is -2.15. The summed E-state index contributed by atoms with van der Waals surface area (Å²) in [5.74, 6) is 0.